The largest absolute Gasteiger partial charge is 0.490 e. The summed E-state index contributed by atoms with van der Waals surface area (Å²) >= 11 is 0. The molecule has 0 saturated carbocycles. The van der Waals surface area contributed by atoms with Gasteiger partial charge in [0.2, 0.25) is 0 Å². The van der Waals surface area contributed by atoms with Crippen LogP contribution in [0, 0.1) is 0 Å². The Morgan fingerprint density at radius 1 is 1.44 bits per heavy atom. The molecule has 0 spiro atoms. The van der Waals surface area contributed by atoms with Crippen molar-refractivity contribution in [3.63, 3.8) is 0 Å². The Kier molecular flexibility index (Phi) is 2.97. The van der Waals surface area contributed by atoms with Gasteiger partial charge in [-0.25, -0.2) is 0 Å². The van der Waals surface area contributed by atoms with Crippen molar-refractivity contribution in [2.24, 2.45) is 0 Å². The highest BCUT2D eigenvalue weighted by Crippen LogP contribution is 2.29. The fourth-order valence-corrected chi connectivity index (χ4v) is 1.81. The molecule has 1 unspecified atom stereocenters. The van der Waals surface area contributed by atoms with E-state index in [-0.39, 0.29) is 5.78 Å². The molecule has 0 aromatic heterocycles. The normalized spacial score (nSPS) is 19.5. The van der Waals surface area contributed by atoms with Gasteiger partial charge in [0.1, 0.15) is 12.4 Å². The van der Waals surface area contributed by atoms with Crippen molar-refractivity contribution in [3.8, 4) is 5.75 Å². The molecule has 0 N–H and O–H groups in total. The minimum atomic E-state index is -0.461. The number of rotatable bonds is 2. The molecule has 1 aromatic rings. The second-order valence-corrected chi connectivity index (χ2v) is 4.31. The molecule has 86 valence electrons. The van der Waals surface area contributed by atoms with Gasteiger partial charge in [0, 0.05) is 7.11 Å². The van der Waals surface area contributed by atoms with E-state index in [1.807, 2.05) is 18.2 Å². The van der Waals surface area contributed by atoms with E-state index in [4.69, 9.17) is 9.47 Å². The summed E-state index contributed by atoms with van der Waals surface area (Å²) in [4.78, 5) is 11.9. The van der Waals surface area contributed by atoms with Gasteiger partial charge in [-0.05, 0) is 23.6 Å². The predicted octanol–water partition coefficient (Wildman–Crippen LogP) is 2.40. The van der Waals surface area contributed by atoms with Crippen molar-refractivity contribution in [2.45, 2.75) is 25.9 Å². The Bertz CT molecular complexity index is 410. The van der Waals surface area contributed by atoms with Crippen LogP contribution in [0.4, 0.5) is 0 Å². The summed E-state index contributed by atoms with van der Waals surface area (Å²) in [5, 5.41) is 0. The first-order valence-corrected chi connectivity index (χ1v) is 5.47. The average molecular weight is 220 g/mol. The van der Waals surface area contributed by atoms with Crippen LogP contribution >= 0.6 is 0 Å². The highest BCUT2D eigenvalue weighted by atomic mass is 16.5. The molecule has 3 heteroatoms. The second kappa shape index (κ2) is 4.26. The van der Waals surface area contributed by atoms with E-state index in [0.717, 1.165) is 0 Å². The van der Waals surface area contributed by atoms with E-state index in [9.17, 15) is 4.79 Å². The number of hydrogen-bond donors (Lipinski definition) is 0. The number of ether oxygens (including phenoxy) is 2. The van der Waals surface area contributed by atoms with Crippen molar-refractivity contribution in [1.29, 1.82) is 0 Å². The van der Waals surface area contributed by atoms with Crippen LogP contribution in [0.1, 0.15) is 35.7 Å². The SMILES string of the molecule is COC1COc2cc(C(C)C)ccc2C1=O. The zero-order valence-corrected chi connectivity index (χ0v) is 9.82. The van der Waals surface area contributed by atoms with Gasteiger partial charge in [-0.15, -0.1) is 0 Å². The van der Waals surface area contributed by atoms with Crippen LogP contribution in [0.2, 0.25) is 0 Å². The molecule has 1 atom stereocenters. The predicted molar refractivity (Wildman–Crippen MR) is 61.2 cm³/mol. The Morgan fingerprint density at radius 2 is 2.19 bits per heavy atom. The first kappa shape index (κ1) is 11.1. The lowest BCUT2D eigenvalue weighted by Gasteiger charge is -2.23. The van der Waals surface area contributed by atoms with Gasteiger partial charge in [0.05, 0.1) is 5.56 Å². The maximum absolute atomic E-state index is 11.9. The smallest absolute Gasteiger partial charge is 0.198 e. The highest BCUT2D eigenvalue weighted by Gasteiger charge is 2.28. The molecule has 3 nitrogen and oxygen atoms in total. The number of ketones is 1. The lowest BCUT2D eigenvalue weighted by molar-refractivity contribution is 0.0368. The quantitative estimate of drug-likeness (QED) is 0.767. The number of Topliss-reactive ketones (excluding diaryl/α,β-unsaturated/α-hetero) is 1. The molecule has 1 aromatic carbocycles. The van der Waals surface area contributed by atoms with Gasteiger partial charge in [-0.3, -0.25) is 4.79 Å². The molecular weight excluding hydrogens is 204 g/mol. The summed E-state index contributed by atoms with van der Waals surface area (Å²) in [5.41, 5.74) is 1.81. The van der Waals surface area contributed by atoms with Crippen molar-refractivity contribution in [3.05, 3.63) is 29.3 Å². The molecule has 1 heterocycles. The van der Waals surface area contributed by atoms with Crippen LogP contribution in [0.3, 0.4) is 0 Å². The van der Waals surface area contributed by atoms with Crippen LogP contribution in [0.25, 0.3) is 0 Å². The second-order valence-electron chi connectivity index (χ2n) is 4.31. The summed E-state index contributed by atoms with van der Waals surface area (Å²) in [6, 6.07) is 5.75. The molecule has 0 saturated heterocycles. The van der Waals surface area contributed by atoms with Crippen molar-refractivity contribution < 1.29 is 14.3 Å². The molecule has 2 rings (SSSR count). The molecule has 0 bridgehead atoms. The monoisotopic (exact) mass is 220 g/mol. The summed E-state index contributed by atoms with van der Waals surface area (Å²) in [6.07, 6.45) is -0.461. The Hall–Kier alpha value is -1.35. The maximum atomic E-state index is 11.9. The maximum Gasteiger partial charge on any atom is 0.198 e. The van der Waals surface area contributed by atoms with Gasteiger partial charge >= 0.3 is 0 Å². The van der Waals surface area contributed by atoms with E-state index in [1.165, 1.54) is 12.7 Å². The number of carbonyl (C=O) groups excluding carboxylic acids is 1. The molecule has 0 aliphatic carbocycles. The summed E-state index contributed by atoms with van der Waals surface area (Å²) in [6.45, 7) is 4.54. The van der Waals surface area contributed by atoms with Crippen molar-refractivity contribution in [1.82, 2.24) is 0 Å². The summed E-state index contributed by atoms with van der Waals surface area (Å²) in [5.74, 6) is 1.13. The van der Waals surface area contributed by atoms with Crippen molar-refractivity contribution >= 4 is 5.78 Å². The summed E-state index contributed by atoms with van der Waals surface area (Å²) in [7, 11) is 1.53. The van der Waals surface area contributed by atoms with Crippen LogP contribution in [0.5, 0.6) is 5.75 Å². The fraction of sp³-hybridized carbons (Fsp3) is 0.462. The molecule has 0 amide bonds. The molecular formula is C13H16O3. The lowest BCUT2D eigenvalue weighted by Crippen LogP contribution is -2.34. The van der Waals surface area contributed by atoms with Gasteiger partial charge < -0.3 is 9.47 Å². The molecule has 1 aliphatic heterocycles. The van der Waals surface area contributed by atoms with E-state index in [1.54, 1.807) is 0 Å². The molecule has 0 radical (unpaired) electrons. The molecule has 16 heavy (non-hydrogen) atoms. The highest BCUT2D eigenvalue weighted by molar-refractivity contribution is 6.02. The first-order valence-electron chi connectivity index (χ1n) is 5.47. The molecule has 1 aliphatic rings. The van der Waals surface area contributed by atoms with E-state index < -0.39 is 6.10 Å². The van der Waals surface area contributed by atoms with Crippen LogP contribution in [0.15, 0.2) is 18.2 Å². The van der Waals surface area contributed by atoms with E-state index in [0.29, 0.717) is 23.8 Å². The Morgan fingerprint density at radius 3 is 2.81 bits per heavy atom. The minimum Gasteiger partial charge on any atom is -0.490 e. The van der Waals surface area contributed by atoms with Crippen molar-refractivity contribution in [2.75, 3.05) is 13.7 Å². The zero-order chi connectivity index (χ0) is 11.7. The van der Waals surface area contributed by atoms with Gasteiger partial charge in [-0.1, -0.05) is 19.9 Å². The van der Waals surface area contributed by atoms with Gasteiger partial charge in [0.25, 0.3) is 0 Å². The number of benzene rings is 1. The number of hydrogen-bond acceptors (Lipinski definition) is 3. The summed E-state index contributed by atoms with van der Waals surface area (Å²) < 4.78 is 10.6. The number of carbonyl (C=O) groups is 1. The topological polar surface area (TPSA) is 35.5 Å². The third kappa shape index (κ3) is 1.83. The number of methoxy groups -OCH3 is 1. The standard InChI is InChI=1S/C13H16O3/c1-8(2)9-4-5-10-11(6-9)16-7-12(15-3)13(10)14/h4-6,8,12H,7H2,1-3H3. The Balaban J connectivity index is 2.37. The first-order chi connectivity index (χ1) is 7.63. The number of fused-ring (bicyclic) bond motifs is 1. The van der Waals surface area contributed by atoms with Crippen LogP contribution in [-0.4, -0.2) is 25.6 Å². The van der Waals surface area contributed by atoms with E-state index >= 15 is 0 Å². The third-order valence-electron chi connectivity index (χ3n) is 2.90. The third-order valence-corrected chi connectivity index (χ3v) is 2.90. The minimum absolute atomic E-state index is 0.0130. The fourth-order valence-electron chi connectivity index (χ4n) is 1.81. The van der Waals surface area contributed by atoms with Gasteiger partial charge in [-0.2, -0.15) is 0 Å². The van der Waals surface area contributed by atoms with Crippen LogP contribution < -0.4 is 4.74 Å². The van der Waals surface area contributed by atoms with Gasteiger partial charge in [0.15, 0.2) is 11.9 Å². The zero-order valence-electron chi connectivity index (χ0n) is 9.82. The van der Waals surface area contributed by atoms with E-state index in [2.05, 4.69) is 13.8 Å². The Labute approximate surface area is 95.4 Å². The lowest BCUT2D eigenvalue weighted by atomic mass is 9.96. The molecule has 0 fully saturated rings. The average Bonchev–Trinajstić information content (AvgIpc) is 2.29. The van der Waals surface area contributed by atoms with Crippen LogP contribution in [-0.2, 0) is 4.74 Å².